The van der Waals surface area contributed by atoms with Crippen molar-refractivity contribution in [1.82, 2.24) is 9.80 Å². The summed E-state index contributed by atoms with van der Waals surface area (Å²) >= 11 is 0. The smallest absolute Gasteiger partial charge is 0.222 e. The number of piperidine rings is 1. The van der Waals surface area contributed by atoms with Gasteiger partial charge in [0.05, 0.1) is 13.2 Å². The molecule has 0 saturated carbocycles. The van der Waals surface area contributed by atoms with E-state index in [1.54, 1.807) is 0 Å². The van der Waals surface area contributed by atoms with Crippen molar-refractivity contribution in [3.05, 3.63) is 0 Å². The number of nitrogens with zero attached hydrogens (tertiary/aromatic N) is 2. The highest BCUT2D eigenvalue weighted by Crippen LogP contribution is 2.19. The normalized spacial score (nSPS) is 22.7. The minimum Gasteiger partial charge on any atom is -0.379 e. The van der Waals surface area contributed by atoms with Crippen molar-refractivity contribution in [2.75, 3.05) is 45.9 Å². The van der Waals surface area contributed by atoms with Crippen molar-refractivity contribution in [3.63, 3.8) is 0 Å². The number of amides is 1. The molecule has 2 aliphatic rings. The molecule has 0 atom stereocenters. The van der Waals surface area contributed by atoms with Gasteiger partial charge in [0.25, 0.3) is 0 Å². The van der Waals surface area contributed by atoms with Gasteiger partial charge in [0.15, 0.2) is 0 Å². The van der Waals surface area contributed by atoms with Crippen LogP contribution in [0.4, 0.5) is 0 Å². The van der Waals surface area contributed by atoms with E-state index in [0.29, 0.717) is 5.91 Å². The fraction of sp³-hybridized carbons (Fsp3) is 0.933. The Kier molecular flexibility index (Phi) is 6.11. The molecule has 0 aromatic carbocycles. The average molecular weight is 268 g/mol. The van der Waals surface area contributed by atoms with Crippen molar-refractivity contribution in [3.8, 4) is 0 Å². The maximum atomic E-state index is 12.0. The van der Waals surface area contributed by atoms with E-state index >= 15 is 0 Å². The number of hydrogen-bond donors (Lipinski definition) is 0. The van der Waals surface area contributed by atoms with Crippen molar-refractivity contribution >= 4 is 5.91 Å². The molecule has 2 rings (SSSR count). The molecule has 1 amide bonds. The van der Waals surface area contributed by atoms with E-state index in [0.717, 1.165) is 64.6 Å². The van der Waals surface area contributed by atoms with E-state index < -0.39 is 0 Å². The Morgan fingerprint density at radius 2 is 1.84 bits per heavy atom. The molecule has 2 aliphatic heterocycles. The first-order chi connectivity index (χ1) is 9.29. The van der Waals surface area contributed by atoms with Gasteiger partial charge in [0, 0.05) is 39.1 Å². The third kappa shape index (κ3) is 4.77. The van der Waals surface area contributed by atoms with E-state index in [4.69, 9.17) is 4.74 Å². The van der Waals surface area contributed by atoms with Crippen molar-refractivity contribution in [2.24, 2.45) is 5.92 Å². The molecule has 2 saturated heterocycles. The van der Waals surface area contributed by atoms with Crippen LogP contribution in [0, 0.1) is 5.92 Å². The Morgan fingerprint density at radius 1 is 1.16 bits per heavy atom. The highest BCUT2D eigenvalue weighted by Gasteiger charge is 2.24. The largest absolute Gasteiger partial charge is 0.379 e. The lowest BCUT2D eigenvalue weighted by molar-refractivity contribution is -0.132. The molecule has 2 heterocycles. The second-order valence-corrected chi connectivity index (χ2v) is 5.84. The molecule has 0 radical (unpaired) electrons. The summed E-state index contributed by atoms with van der Waals surface area (Å²) in [5, 5.41) is 0. The first kappa shape index (κ1) is 14.8. The van der Waals surface area contributed by atoms with Gasteiger partial charge < -0.3 is 9.64 Å². The molecular weight excluding hydrogens is 240 g/mol. The Labute approximate surface area is 117 Å². The second-order valence-electron chi connectivity index (χ2n) is 5.84. The number of carbonyl (C=O) groups excluding carboxylic acids is 1. The quantitative estimate of drug-likeness (QED) is 0.761. The van der Waals surface area contributed by atoms with Gasteiger partial charge in [0.2, 0.25) is 5.91 Å². The van der Waals surface area contributed by atoms with E-state index in [1.165, 1.54) is 19.4 Å². The summed E-state index contributed by atoms with van der Waals surface area (Å²) in [7, 11) is 0. The molecule has 0 aromatic heterocycles. The molecule has 0 aliphatic carbocycles. The standard InChI is InChI=1S/C15H28N2O2/c1-2-3-4-15(18)17-7-5-14(6-8-17)13-16-9-11-19-12-10-16/h14H,2-13H2,1H3. The van der Waals surface area contributed by atoms with Crippen molar-refractivity contribution < 1.29 is 9.53 Å². The summed E-state index contributed by atoms with van der Waals surface area (Å²) < 4.78 is 5.38. The summed E-state index contributed by atoms with van der Waals surface area (Å²) in [5.41, 5.74) is 0. The first-order valence-corrected chi connectivity index (χ1v) is 7.87. The molecule has 0 unspecified atom stereocenters. The van der Waals surface area contributed by atoms with Crippen LogP contribution >= 0.6 is 0 Å². The number of likely N-dealkylation sites (tertiary alicyclic amines) is 1. The third-order valence-electron chi connectivity index (χ3n) is 4.33. The SMILES string of the molecule is CCCCC(=O)N1CCC(CN2CCOCC2)CC1. The maximum Gasteiger partial charge on any atom is 0.222 e. The summed E-state index contributed by atoms with van der Waals surface area (Å²) in [4.78, 5) is 16.5. The Morgan fingerprint density at radius 3 is 2.47 bits per heavy atom. The summed E-state index contributed by atoms with van der Waals surface area (Å²) in [6, 6.07) is 0. The molecule has 4 nitrogen and oxygen atoms in total. The van der Waals surface area contributed by atoms with Crippen LogP contribution in [-0.4, -0.2) is 61.6 Å². The van der Waals surface area contributed by atoms with Gasteiger partial charge in [0.1, 0.15) is 0 Å². The lowest BCUT2D eigenvalue weighted by Gasteiger charge is -2.36. The van der Waals surface area contributed by atoms with E-state index in [9.17, 15) is 4.79 Å². The highest BCUT2D eigenvalue weighted by molar-refractivity contribution is 5.76. The molecule has 0 bridgehead atoms. The molecule has 110 valence electrons. The van der Waals surface area contributed by atoms with Gasteiger partial charge in [-0.2, -0.15) is 0 Å². The van der Waals surface area contributed by atoms with Crippen LogP contribution in [0.3, 0.4) is 0 Å². The zero-order valence-electron chi connectivity index (χ0n) is 12.3. The molecule has 4 heteroatoms. The number of unbranched alkanes of at least 4 members (excludes halogenated alkanes) is 1. The van der Waals surface area contributed by atoms with Crippen LogP contribution in [0.25, 0.3) is 0 Å². The lowest BCUT2D eigenvalue weighted by atomic mass is 9.95. The number of morpholine rings is 1. The van der Waals surface area contributed by atoms with E-state index in [2.05, 4.69) is 16.7 Å². The highest BCUT2D eigenvalue weighted by atomic mass is 16.5. The van der Waals surface area contributed by atoms with Crippen LogP contribution in [0.15, 0.2) is 0 Å². The van der Waals surface area contributed by atoms with Crippen LogP contribution in [-0.2, 0) is 9.53 Å². The number of rotatable bonds is 5. The topological polar surface area (TPSA) is 32.8 Å². The minimum atomic E-state index is 0.367. The Bertz CT molecular complexity index is 269. The molecule has 2 fully saturated rings. The fourth-order valence-electron chi connectivity index (χ4n) is 3.00. The van der Waals surface area contributed by atoms with Crippen LogP contribution in [0.2, 0.25) is 0 Å². The van der Waals surface area contributed by atoms with Gasteiger partial charge in [-0.1, -0.05) is 13.3 Å². The average Bonchev–Trinajstić information content (AvgIpc) is 2.46. The van der Waals surface area contributed by atoms with E-state index in [-0.39, 0.29) is 0 Å². The van der Waals surface area contributed by atoms with Gasteiger partial charge >= 0.3 is 0 Å². The first-order valence-electron chi connectivity index (χ1n) is 7.87. The summed E-state index contributed by atoms with van der Waals surface area (Å²) in [5.74, 6) is 1.14. The molecule has 0 aromatic rings. The fourth-order valence-corrected chi connectivity index (χ4v) is 3.00. The minimum absolute atomic E-state index is 0.367. The van der Waals surface area contributed by atoms with Crippen molar-refractivity contribution in [1.29, 1.82) is 0 Å². The van der Waals surface area contributed by atoms with Gasteiger partial charge in [-0.15, -0.1) is 0 Å². The second kappa shape index (κ2) is 7.85. The number of carbonyl (C=O) groups is 1. The van der Waals surface area contributed by atoms with Crippen molar-refractivity contribution in [2.45, 2.75) is 39.0 Å². The monoisotopic (exact) mass is 268 g/mol. The zero-order valence-corrected chi connectivity index (χ0v) is 12.3. The van der Waals surface area contributed by atoms with Gasteiger partial charge in [-0.3, -0.25) is 9.69 Å². The predicted octanol–water partition coefficient (Wildman–Crippen LogP) is 1.75. The number of hydrogen-bond acceptors (Lipinski definition) is 3. The molecule has 0 N–H and O–H groups in total. The van der Waals surface area contributed by atoms with E-state index in [1.807, 2.05) is 0 Å². The number of ether oxygens (including phenoxy) is 1. The lowest BCUT2D eigenvalue weighted by Crippen LogP contribution is -2.44. The van der Waals surface area contributed by atoms with Gasteiger partial charge in [-0.25, -0.2) is 0 Å². The van der Waals surface area contributed by atoms with Crippen LogP contribution in [0.5, 0.6) is 0 Å². The van der Waals surface area contributed by atoms with Crippen LogP contribution < -0.4 is 0 Å². The molecule has 0 spiro atoms. The third-order valence-corrected chi connectivity index (χ3v) is 4.33. The Hall–Kier alpha value is -0.610. The summed E-state index contributed by atoms with van der Waals surface area (Å²) in [6.45, 7) is 9.20. The molecular formula is C15H28N2O2. The van der Waals surface area contributed by atoms with Crippen LogP contribution in [0.1, 0.15) is 39.0 Å². The summed E-state index contributed by atoms with van der Waals surface area (Å²) in [6.07, 6.45) is 5.24. The zero-order chi connectivity index (χ0) is 13.5. The molecule has 19 heavy (non-hydrogen) atoms. The van der Waals surface area contributed by atoms with Gasteiger partial charge in [-0.05, 0) is 25.2 Å². The Balaban J connectivity index is 1.65. The maximum absolute atomic E-state index is 12.0. The predicted molar refractivity (Wildman–Crippen MR) is 76.1 cm³/mol.